The number of aryl methyl sites for hydroxylation is 1. The summed E-state index contributed by atoms with van der Waals surface area (Å²) in [4.78, 5) is 14.2. The number of amides is 1. The van der Waals surface area contributed by atoms with Gasteiger partial charge in [0, 0.05) is 0 Å². The van der Waals surface area contributed by atoms with Crippen LogP contribution < -0.4 is 19.7 Å². The Morgan fingerprint density at radius 1 is 1.12 bits per heavy atom. The number of thiocarbonyl (C=S) groups is 1. The highest BCUT2D eigenvalue weighted by Crippen LogP contribution is 2.33. The summed E-state index contributed by atoms with van der Waals surface area (Å²) in [5.41, 5.74) is 3.14. The van der Waals surface area contributed by atoms with Gasteiger partial charge in [-0.3, -0.25) is 9.69 Å². The van der Waals surface area contributed by atoms with E-state index in [9.17, 15) is 4.79 Å². The zero-order valence-electron chi connectivity index (χ0n) is 12.9. The molecule has 1 N–H and O–H groups in total. The standard InChI is InChI=1S/C18H14N2O3S/c1-11-2-5-13(6-3-11)20-17(21)14(19-18(20)24)8-12-4-7-15-16(9-12)23-10-22-15/h2-9H,10H2,1H3,(H,19,24). The van der Waals surface area contributed by atoms with Crippen LogP contribution in [0.15, 0.2) is 48.2 Å². The predicted molar refractivity (Wildman–Crippen MR) is 94.9 cm³/mol. The van der Waals surface area contributed by atoms with Crippen LogP contribution in [0.4, 0.5) is 5.69 Å². The summed E-state index contributed by atoms with van der Waals surface area (Å²) in [7, 11) is 0. The fraction of sp³-hybridized carbons (Fsp3) is 0.111. The Balaban J connectivity index is 1.64. The molecular formula is C18H14N2O3S. The first kappa shape index (κ1) is 14.7. The van der Waals surface area contributed by atoms with Gasteiger partial charge in [-0.1, -0.05) is 23.8 Å². The molecule has 1 saturated heterocycles. The van der Waals surface area contributed by atoms with E-state index in [1.54, 1.807) is 6.08 Å². The predicted octanol–water partition coefficient (Wildman–Crippen LogP) is 2.99. The van der Waals surface area contributed by atoms with Crippen LogP contribution in [0.2, 0.25) is 0 Å². The number of nitrogens with one attached hydrogen (secondary N) is 1. The number of ether oxygens (including phenoxy) is 2. The molecule has 1 amide bonds. The molecule has 0 saturated carbocycles. The summed E-state index contributed by atoms with van der Waals surface area (Å²) < 4.78 is 10.7. The van der Waals surface area contributed by atoms with Crippen LogP contribution in [0.5, 0.6) is 11.5 Å². The number of nitrogens with zero attached hydrogens (tertiary/aromatic N) is 1. The summed E-state index contributed by atoms with van der Waals surface area (Å²) in [6.07, 6.45) is 1.75. The van der Waals surface area contributed by atoms with Crippen molar-refractivity contribution in [2.24, 2.45) is 0 Å². The van der Waals surface area contributed by atoms with E-state index in [1.807, 2.05) is 49.4 Å². The van der Waals surface area contributed by atoms with E-state index in [4.69, 9.17) is 21.7 Å². The first-order valence-electron chi connectivity index (χ1n) is 7.45. The lowest BCUT2D eigenvalue weighted by molar-refractivity contribution is -0.113. The van der Waals surface area contributed by atoms with Gasteiger partial charge in [-0.25, -0.2) is 0 Å². The van der Waals surface area contributed by atoms with E-state index in [1.165, 1.54) is 4.90 Å². The number of rotatable bonds is 2. The number of carbonyl (C=O) groups excluding carboxylic acids is 1. The first-order chi connectivity index (χ1) is 11.6. The Labute approximate surface area is 144 Å². The highest BCUT2D eigenvalue weighted by atomic mass is 32.1. The Hall–Kier alpha value is -2.86. The molecule has 2 aliphatic rings. The lowest BCUT2D eigenvalue weighted by Crippen LogP contribution is -2.30. The minimum absolute atomic E-state index is 0.179. The topological polar surface area (TPSA) is 50.8 Å². The van der Waals surface area contributed by atoms with E-state index < -0.39 is 0 Å². The van der Waals surface area contributed by atoms with Crippen molar-refractivity contribution in [3.63, 3.8) is 0 Å². The van der Waals surface area contributed by atoms with Crippen molar-refractivity contribution in [1.82, 2.24) is 5.32 Å². The minimum atomic E-state index is -0.179. The average Bonchev–Trinajstić information content (AvgIpc) is 3.13. The van der Waals surface area contributed by atoms with Crippen molar-refractivity contribution in [1.29, 1.82) is 0 Å². The van der Waals surface area contributed by atoms with Gasteiger partial charge in [-0.05, 0) is 55.0 Å². The van der Waals surface area contributed by atoms with Gasteiger partial charge in [-0.2, -0.15) is 0 Å². The second-order valence-corrected chi connectivity index (χ2v) is 5.96. The van der Waals surface area contributed by atoms with Gasteiger partial charge in [-0.15, -0.1) is 0 Å². The highest BCUT2D eigenvalue weighted by molar-refractivity contribution is 7.80. The summed E-state index contributed by atoms with van der Waals surface area (Å²) in [6, 6.07) is 13.2. The van der Waals surface area contributed by atoms with Gasteiger partial charge >= 0.3 is 0 Å². The summed E-state index contributed by atoms with van der Waals surface area (Å²) >= 11 is 5.31. The maximum atomic E-state index is 12.7. The van der Waals surface area contributed by atoms with E-state index in [0.29, 0.717) is 22.3 Å². The second-order valence-electron chi connectivity index (χ2n) is 5.58. The molecule has 6 heteroatoms. The SMILES string of the molecule is Cc1ccc(N2C(=O)C(=Cc3ccc4c(c3)OCO4)NC2=S)cc1. The van der Waals surface area contributed by atoms with Crippen LogP contribution in [0, 0.1) is 6.92 Å². The second kappa shape index (κ2) is 5.65. The number of benzene rings is 2. The van der Waals surface area contributed by atoms with Crippen LogP contribution >= 0.6 is 12.2 Å². The lowest BCUT2D eigenvalue weighted by atomic mass is 10.1. The van der Waals surface area contributed by atoms with Crippen molar-refractivity contribution in [2.45, 2.75) is 6.92 Å². The van der Waals surface area contributed by atoms with E-state index in [2.05, 4.69) is 5.32 Å². The van der Waals surface area contributed by atoms with Crippen molar-refractivity contribution in [3.8, 4) is 11.5 Å². The molecule has 1 fully saturated rings. The maximum absolute atomic E-state index is 12.7. The van der Waals surface area contributed by atoms with Gasteiger partial charge in [0.2, 0.25) is 6.79 Å². The molecule has 0 unspecified atom stereocenters. The number of hydrogen-bond acceptors (Lipinski definition) is 4. The van der Waals surface area contributed by atoms with Crippen LogP contribution in [-0.4, -0.2) is 17.8 Å². The average molecular weight is 338 g/mol. The molecule has 0 spiro atoms. The molecule has 0 radical (unpaired) electrons. The molecule has 0 bridgehead atoms. The normalized spacial score (nSPS) is 17.5. The Morgan fingerprint density at radius 2 is 1.88 bits per heavy atom. The third kappa shape index (κ3) is 2.51. The van der Waals surface area contributed by atoms with Gasteiger partial charge in [0.05, 0.1) is 5.69 Å². The number of fused-ring (bicyclic) bond motifs is 1. The highest BCUT2D eigenvalue weighted by Gasteiger charge is 2.31. The molecule has 0 aliphatic carbocycles. The van der Waals surface area contributed by atoms with E-state index in [-0.39, 0.29) is 12.7 Å². The van der Waals surface area contributed by atoms with Crippen LogP contribution in [-0.2, 0) is 4.79 Å². The van der Waals surface area contributed by atoms with Crippen molar-refractivity contribution in [3.05, 3.63) is 59.3 Å². The number of anilines is 1. The molecule has 0 aromatic heterocycles. The van der Waals surface area contributed by atoms with Crippen molar-refractivity contribution < 1.29 is 14.3 Å². The fourth-order valence-corrected chi connectivity index (χ4v) is 2.93. The molecule has 2 aromatic carbocycles. The Kier molecular flexibility index (Phi) is 3.46. The molecule has 2 aromatic rings. The minimum Gasteiger partial charge on any atom is -0.454 e. The van der Waals surface area contributed by atoms with Crippen LogP contribution in [0.1, 0.15) is 11.1 Å². The van der Waals surface area contributed by atoms with E-state index >= 15 is 0 Å². The number of carbonyl (C=O) groups is 1. The molecule has 0 atom stereocenters. The third-order valence-electron chi connectivity index (χ3n) is 3.88. The van der Waals surface area contributed by atoms with Crippen molar-refractivity contribution in [2.75, 3.05) is 11.7 Å². The van der Waals surface area contributed by atoms with Gasteiger partial charge in [0.15, 0.2) is 16.6 Å². The number of hydrogen-bond donors (Lipinski definition) is 1. The summed E-state index contributed by atoms with van der Waals surface area (Å²) in [5.74, 6) is 1.20. The molecule has 5 nitrogen and oxygen atoms in total. The van der Waals surface area contributed by atoms with Gasteiger partial charge in [0.25, 0.3) is 5.91 Å². The Morgan fingerprint density at radius 3 is 2.67 bits per heavy atom. The first-order valence-corrected chi connectivity index (χ1v) is 7.86. The smallest absolute Gasteiger partial charge is 0.281 e. The largest absolute Gasteiger partial charge is 0.454 e. The molecule has 2 aliphatic heterocycles. The maximum Gasteiger partial charge on any atom is 0.281 e. The quantitative estimate of drug-likeness (QED) is 0.674. The fourth-order valence-electron chi connectivity index (χ4n) is 2.63. The van der Waals surface area contributed by atoms with Gasteiger partial charge < -0.3 is 14.8 Å². The van der Waals surface area contributed by atoms with E-state index in [0.717, 1.165) is 16.8 Å². The molecule has 2 heterocycles. The van der Waals surface area contributed by atoms with Crippen LogP contribution in [0.25, 0.3) is 6.08 Å². The van der Waals surface area contributed by atoms with Crippen molar-refractivity contribution >= 4 is 35.0 Å². The van der Waals surface area contributed by atoms with Crippen LogP contribution in [0.3, 0.4) is 0 Å². The summed E-state index contributed by atoms with van der Waals surface area (Å²) in [5, 5.41) is 3.35. The molecule has 4 rings (SSSR count). The monoisotopic (exact) mass is 338 g/mol. The third-order valence-corrected chi connectivity index (χ3v) is 4.16. The van der Waals surface area contributed by atoms with Gasteiger partial charge in [0.1, 0.15) is 5.70 Å². The molecular weight excluding hydrogens is 324 g/mol. The zero-order chi connectivity index (χ0) is 16.7. The summed E-state index contributed by atoms with van der Waals surface area (Å²) in [6.45, 7) is 2.22. The molecule has 120 valence electrons. The zero-order valence-corrected chi connectivity index (χ0v) is 13.7. The lowest BCUT2D eigenvalue weighted by Gasteiger charge is -2.13. The Bertz CT molecular complexity index is 874. The molecule has 24 heavy (non-hydrogen) atoms.